The normalized spacial score (nSPS) is 10.1. The summed E-state index contributed by atoms with van der Waals surface area (Å²) in [6.07, 6.45) is 0.812. The average Bonchev–Trinajstić information content (AvgIpc) is 2.67. The molecule has 4 N–H and O–H groups in total. The number of halogens is 1. The van der Waals surface area contributed by atoms with Crippen LogP contribution in [0.25, 0.3) is 0 Å². The second-order valence-corrected chi connectivity index (χ2v) is 6.03. The smallest absolute Gasteiger partial charge is 0.325 e. The molecule has 0 bridgehead atoms. The van der Waals surface area contributed by atoms with Crippen molar-refractivity contribution in [1.29, 1.82) is 0 Å². The van der Waals surface area contributed by atoms with E-state index >= 15 is 0 Å². The van der Waals surface area contributed by atoms with Gasteiger partial charge in [0.15, 0.2) is 0 Å². The first kappa shape index (κ1) is 23.4. The molecule has 0 spiro atoms. The average molecular weight is 407 g/mol. The van der Waals surface area contributed by atoms with Crippen LogP contribution in [0, 0.1) is 0 Å². The molecule has 152 valence electrons. The first-order valence-electron chi connectivity index (χ1n) is 8.82. The zero-order valence-electron chi connectivity index (χ0n) is 15.9. The monoisotopic (exact) mass is 406 g/mol. The minimum absolute atomic E-state index is 0. The van der Waals surface area contributed by atoms with Gasteiger partial charge in [0.2, 0.25) is 5.91 Å². The number of amides is 3. The number of carbonyl (C=O) groups excluding carboxylic acids is 2. The van der Waals surface area contributed by atoms with Crippen molar-refractivity contribution < 1.29 is 14.3 Å². The molecule has 0 atom stereocenters. The van der Waals surface area contributed by atoms with Gasteiger partial charge in [-0.2, -0.15) is 0 Å². The van der Waals surface area contributed by atoms with Crippen LogP contribution in [0.5, 0.6) is 5.75 Å². The van der Waals surface area contributed by atoms with Crippen molar-refractivity contribution in [2.45, 2.75) is 6.42 Å². The Balaban J connectivity index is 0.00000392. The predicted molar refractivity (Wildman–Crippen MR) is 113 cm³/mol. The predicted octanol–water partition coefficient (Wildman–Crippen LogP) is 2.27. The van der Waals surface area contributed by atoms with Crippen molar-refractivity contribution in [3.8, 4) is 5.75 Å². The molecular formula is C20H27ClN4O3. The molecule has 7 nitrogen and oxygen atoms in total. The molecule has 0 aromatic heterocycles. The van der Waals surface area contributed by atoms with E-state index in [2.05, 4.69) is 10.6 Å². The van der Waals surface area contributed by atoms with Crippen molar-refractivity contribution in [3.63, 3.8) is 0 Å². The number of hydrogen-bond donors (Lipinski definition) is 3. The second-order valence-electron chi connectivity index (χ2n) is 6.03. The van der Waals surface area contributed by atoms with Crippen LogP contribution in [-0.4, -0.2) is 50.1 Å². The summed E-state index contributed by atoms with van der Waals surface area (Å²) in [5.74, 6) is 0.315. The minimum Gasteiger partial charge on any atom is -0.497 e. The molecular weight excluding hydrogens is 380 g/mol. The van der Waals surface area contributed by atoms with Gasteiger partial charge in [0.25, 0.3) is 0 Å². The van der Waals surface area contributed by atoms with Gasteiger partial charge in [-0.15, -0.1) is 12.4 Å². The lowest BCUT2D eigenvalue weighted by Crippen LogP contribution is -2.43. The summed E-state index contributed by atoms with van der Waals surface area (Å²) in [4.78, 5) is 26.1. The third-order valence-corrected chi connectivity index (χ3v) is 3.97. The lowest BCUT2D eigenvalue weighted by atomic mass is 10.1. The van der Waals surface area contributed by atoms with Gasteiger partial charge in [-0.1, -0.05) is 30.3 Å². The van der Waals surface area contributed by atoms with Crippen LogP contribution >= 0.6 is 12.4 Å². The fourth-order valence-corrected chi connectivity index (χ4v) is 2.59. The standard InChI is InChI=1S/C20H26N4O3.ClH/c1-27-18-9-7-17(8-10-18)22-20(26)23-19(25)15-24(14-12-21)13-11-16-5-3-2-4-6-16;/h2-10H,11-15,21H2,1H3,(H2,22,23,25,26);1H. The van der Waals surface area contributed by atoms with Crippen molar-refractivity contribution in [3.05, 3.63) is 60.2 Å². The number of carbonyl (C=O) groups is 2. The summed E-state index contributed by atoms with van der Waals surface area (Å²) < 4.78 is 5.06. The molecule has 28 heavy (non-hydrogen) atoms. The highest BCUT2D eigenvalue weighted by atomic mass is 35.5. The molecule has 0 saturated carbocycles. The van der Waals surface area contributed by atoms with Crippen LogP contribution < -0.4 is 21.1 Å². The van der Waals surface area contributed by atoms with E-state index in [1.165, 1.54) is 5.56 Å². The highest BCUT2D eigenvalue weighted by Gasteiger charge is 2.13. The summed E-state index contributed by atoms with van der Waals surface area (Å²) in [6, 6.07) is 16.3. The number of benzene rings is 2. The Morgan fingerprint density at radius 1 is 1.04 bits per heavy atom. The number of rotatable bonds is 9. The van der Waals surface area contributed by atoms with E-state index < -0.39 is 6.03 Å². The Kier molecular flexibility index (Phi) is 10.6. The van der Waals surface area contributed by atoms with E-state index in [1.54, 1.807) is 31.4 Å². The first-order valence-corrected chi connectivity index (χ1v) is 8.82. The van der Waals surface area contributed by atoms with Crippen LogP contribution in [-0.2, 0) is 11.2 Å². The van der Waals surface area contributed by atoms with Crippen molar-refractivity contribution in [2.75, 3.05) is 38.6 Å². The summed E-state index contributed by atoms with van der Waals surface area (Å²) in [5, 5.41) is 4.96. The number of nitrogens with two attached hydrogens (primary N) is 1. The Morgan fingerprint density at radius 2 is 1.71 bits per heavy atom. The molecule has 0 heterocycles. The Morgan fingerprint density at radius 3 is 2.32 bits per heavy atom. The Labute approximate surface area is 171 Å². The van der Waals surface area contributed by atoms with Crippen LogP contribution in [0.15, 0.2) is 54.6 Å². The van der Waals surface area contributed by atoms with Crippen molar-refractivity contribution in [1.82, 2.24) is 10.2 Å². The number of ether oxygens (including phenoxy) is 1. The van der Waals surface area contributed by atoms with Gasteiger partial charge in [0.1, 0.15) is 5.75 Å². The van der Waals surface area contributed by atoms with E-state index in [1.807, 2.05) is 35.2 Å². The first-order chi connectivity index (χ1) is 13.1. The third kappa shape index (κ3) is 8.39. The molecule has 0 aliphatic rings. The van der Waals surface area contributed by atoms with E-state index in [4.69, 9.17) is 10.5 Å². The third-order valence-electron chi connectivity index (χ3n) is 3.97. The van der Waals surface area contributed by atoms with Crippen molar-refractivity contribution in [2.24, 2.45) is 5.73 Å². The molecule has 0 saturated heterocycles. The summed E-state index contributed by atoms with van der Waals surface area (Å²) in [6.45, 7) is 1.83. The zero-order chi connectivity index (χ0) is 19.5. The van der Waals surface area contributed by atoms with E-state index in [-0.39, 0.29) is 24.9 Å². The summed E-state index contributed by atoms with van der Waals surface area (Å²) in [7, 11) is 1.57. The fourth-order valence-electron chi connectivity index (χ4n) is 2.59. The maximum absolute atomic E-state index is 12.2. The summed E-state index contributed by atoms with van der Waals surface area (Å²) in [5.41, 5.74) is 7.40. The van der Waals surface area contributed by atoms with Gasteiger partial charge >= 0.3 is 6.03 Å². The molecule has 0 unspecified atom stereocenters. The molecule has 3 amide bonds. The number of methoxy groups -OCH3 is 1. The molecule has 2 aromatic rings. The van der Waals surface area contributed by atoms with Crippen LogP contribution in [0.3, 0.4) is 0 Å². The number of urea groups is 1. The SMILES string of the molecule is COc1ccc(NC(=O)NC(=O)CN(CCN)CCc2ccccc2)cc1.Cl. The maximum atomic E-state index is 12.2. The summed E-state index contributed by atoms with van der Waals surface area (Å²) >= 11 is 0. The number of anilines is 1. The lowest BCUT2D eigenvalue weighted by molar-refractivity contribution is -0.121. The number of imide groups is 1. The van der Waals surface area contributed by atoms with E-state index in [9.17, 15) is 9.59 Å². The van der Waals surface area contributed by atoms with Gasteiger partial charge in [-0.05, 0) is 36.2 Å². The highest BCUT2D eigenvalue weighted by Crippen LogP contribution is 2.14. The topological polar surface area (TPSA) is 96.7 Å². The fraction of sp³-hybridized carbons (Fsp3) is 0.300. The van der Waals surface area contributed by atoms with Gasteiger partial charge in [0, 0.05) is 25.3 Å². The quantitative estimate of drug-likeness (QED) is 0.593. The molecule has 0 radical (unpaired) electrons. The number of nitrogens with one attached hydrogen (secondary N) is 2. The minimum atomic E-state index is -0.569. The van der Waals surface area contributed by atoms with E-state index in [0.717, 1.165) is 6.42 Å². The Hall–Kier alpha value is -2.61. The molecule has 0 aliphatic carbocycles. The molecule has 2 rings (SSSR count). The maximum Gasteiger partial charge on any atom is 0.325 e. The number of hydrogen-bond acceptors (Lipinski definition) is 5. The Bertz CT molecular complexity index is 726. The molecule has 2 aromatic carbocycles. The van der Waals surface area contributed by atoms with Gasteiger partial charge < -0.3 is 15.8 Å². The van der Waals surface area contributed by atoms with Gasteiger partial charge in [-0.25, -0.2) is 4.79 Å². The van der Waals surface area contributed by atoms with Gasteiger partial charge in [-0.3, -0.25) is 15.0 Å². The van der Waals surface area contributed by atoms with Crippen LogP contribution in [0.4, 0.5) is 10.5 Å². The largest absolute Gasteiger partial charge is 0.497 e. The highest BCUT2D eigenvalue weighted by molar-refractivity contribution is 6.01. The molecule has 8 heteroatoms. The number of nitrogens with zero attached hydrogens (tertiary/aromatic N) is 1. The second kappa shape index (κ2) is 12.7. The zero-order valence-corrected chi connectivity index (χ0v) is 16.7. The van der Waals surface area contributed by atoms with Gasteiger partial charge in [0.05, 0.1) is 13.7 Å². The van der Waals surface area contributed by atoms with Crippen LogP contribution in [0.2, 0.25) is 0 Å². The van der Waals surface area contributed by atoms with Crippen LogP contribution in [0.1, 0.15) is 5.56 Å². The van der Waals surface area contributed by atoms with E-state index in [0.29, 0.717) is 31.1 Å². The molecule has 0 aliphatic heterocycles. The van der Waals surface area contributed by atoms with Crippen molar-refractivity contribution >= 4 is 30.0 Å². The molecule has 0 fully saturated rings. The lowest BCUT2D eigenvalue weighted by Gasteiger charge is -2.20.